The summed E-state index contributed by atoms with van der Waals surface area (Å²) in [7, 11) is 0. The van der Waals surface area contributed by atoms with E-state index in [9.17, 15) is 22.8 Å². The second kappa shape index (κ2) is 7.28. The summed E-state index contributed by atoms with van der Waals surface area (Å²) < 4.78 is 41.3. The lowest BCUT2D eigenvalue weighted by Crippen LogP contribution is -2.39. The quantitative estimate of drug-likeness (QED) is 0.599. The molecule has 0 bridgehead atoms. The third-order valence-electron chi connectivity index (χ3n) is 5.82. The van der Waals surface area contributed by atoms with Crippen LogP contribution in [0.15, 0.2) is 33.9 Å². The number of benzene rings is 1. The van der Waals surface area contributed by atoms with Gasteiger partial charge >= 0.3 is 11.9 Å². The number of alkyl halides is 3. The number of aromatic nitrogens is 5. The van der Waals surface area contributed by atoms with Crippen LogP contribution in [0.3, 0.4) is 0 Å². The zero-order chi connectivity index (χ0) is 21.8. The number of halogens is 3. The van der Waals surface area contributed by atoms with Crippen molar-refractivity contribution in [3.8, 4) is 22.9 Å². The van der Waals surface area contributed by atoms with E-state index in [1.165, 1.54) is 16.8 Å². The third kappa shape index (κ3) is 4.11. The lowest BCUT2D eigenvalue weighted by atomic mass is 10.1. The lowest BCUT2D eigenvalue weighted by Gasteiger charge is -2.16. The summed E-state index contributed by atoms with van der Waals surface area (Å²) in [6, 6.07) is 4.49. The van der Waals surface area contributed by atoms with E-state index in [1.807, 2.05) is 0 Å². The van der Waals surface area contributed by atoms with Crippen molar-refractivity contribution in [1.29, 1.82) is 0 Å². The predicted molar refractivity (Wildman–Crippen MR) is 105 cm³/mol. The Morgan fingerprint density at radius 2 is 1.65 bits per heavy atom. The summed E-state index contributed by atoms with van der Waals surface area (Å²) in [6.45, 7) is 0.762. The normalized spacial score (nSPS) is 16.7. The van der Waals surface area contributed by atoms with E-state index in [2.05, 4.69) is 15.1 Å². The summed E-state index contributed by atoms with van der Waals surface area (Å²) in [5, 5.41) is 4.42. The van der Waals surface area contributed by atoms with Gasteiger partial charge in [0.25, 0.3) is 5.56 Å². The Labute approximate surface area is 174 Å². The summed E-state index contributed by atoms with van der Waals surface area (Å²) in [4.78, 5) is 34.0. The van der Waals surface area contributed by atoms with Crippen LogP contribution in [-0.2, 0) is 19.3 Å². The van der Waals surface area contributed by atoms with Crippen LogP contribution in [0.2, 0.25) is 0 Å². The molecule has 2 heterocycles. The average Bonchev–Trinajstić information content (AvgIpc) is 3.64. The third-order valence-corrected chi connectivity index (χ3v) is 5.82. The first-order chi connectivity index (χ1) is 14.8. The fourth-order valence-corrected chi connectivity index (χ4v) is 3.60. The van der Waals surface area contributed by atoms with Crippen molar-refractivity contribution in [3.05, 3.63) is 50.7 Å². The van der Waals surface area contributed by atoms with E-state index in [1.54, 1.807) is 0 Å². The van der Waals surface area contributed by atoms with Crippen molar-refractivity contribution in [1.82, 2.24) is 24.3 Å². The van der Waals surface area contributed by atoms with Gasteiger partial charge < -0.3 is 0 Å². The molecule has 2 fully saturated rings. The van der Waals surface area contributed by atoms with Crippen LogP contribution in [0, 0.1) is 11.8 Å². The van der Waals surface area contributed by atoms with Gasteiger partial charge in [0.1, 0.15) is 0 Å². The van der Waals surface area contributed by atoms with Crippen LogP contribution >= 0.6 is 0 Å². The van der Waals surface area contributed by atoms with Crippen molar-refractivity contribution in [2.24, 2.45) is 11.8 Å². The molecule has 2 saturated carbocycles. The Balaban J connectivity index is 1.62. The highest BCUT2D eigenvalue weighted by Gasteiger charge is 2.31. The van der Waals surface area contributed by atoms with E-state index >= 15 is 0 Å². The maximum absolute atomic E-state index is 13.1. The Bertz CT molecular complexity index is 1210. The van der Waals surface area contributed by atoms with E-state index in [-0.39, 0.29) is 17.3 Å². The van der Waals surface area contributed by atoms with Gasteiger partial charge in [-0.15, -0.1) is 0 Å². The monoisotopic (exact) mass is 431 g/mol. The Morgan fingerprint density at radius 1 is 0.968 bits per heavy atom. The van der Waals surface area contributed by atoms with Gasteiger partial charge in [0.05, 0.1) is 5.56 Å². The smallest absolute Gasteiger partial charge is 0.267 e. The minimum absolute atomic E-state index is 0.0148. The van der Waals surface area contributed by atoms with E-state index < -0.39 is 23.0 Å². The van der Waals surface area contributed by atoms with Gasteiger partial charge in [-0.25, -0.2) is 14.5 Å². The molecule has 0 N–H and O–H groups in total. The fourth-order valence-electron chi connectivity index (χ4n) is 3.60. The zero-order valence-electron chi connectivity index (χ0n) is 16.6. The highest BCUT2D eigenvalue weighted by atomic mass is 19.4. The second-order valence-electron chi connectivity index (χ2n) is 8.39. The molecule has 10 heteroatoms. The SMILES string of the molecule is O=c1nc2n(CCC3CC3)nc(-c3ccc(C(F)(F)F)cc3)nc-2c(=O)n1CC1CC1. The Hall–Kier alpha value is -3.04. The van der Waals surface area contributed by atoms with Crippen LogP contribution in [0.5, 0.6) is 0 Å². The van der Waals surface area contributed by atoms with Crippen LogP contribution in [-0.4, -0.2) is 24.3 Å². The number of nitrogens with zero attached hydrogens (tertiary/aromatic N) is 5. The first kappa shape index (κ1) is 19.9. The van der Waals surface area contributed by atoms with Crippen molar-refractivity contribution in [3.63, 3.8) is 0 Å². The first-order valence-electron chi connectivity index (χ1n) is 10.4. The molecule has 4 aliphatic rings. The van der Waals surface area contributed by atoms with Gasteiger partial charge in [0.2, 0.25) is 0 Å². The largest absolute Gasteiger partial charge is 0.416 e. The molecule has 1 aromatic rings. The van der Waals surface area contributed by atoms with Crippen molar-refractivity contribution in [2.75, 3.05) is 0 Å². The number of fused-ring (bicyclic) bond motifs is 1. The van der Waals surface area contributed by atoms with Gasteiger partial charge in [-0.3, -0.25) is 9.36 Å². The molecule has 7 nitrogen and oxygen atoms in total. The number of hydrogen-bond donors (Lipinski definition) is 0. The summed E-state index contributed by atoms with van der Waals surface area (Å²) in [6.07, 6.45) is 0.563. The molecule has 0 radical (unpaired) electrons. The molecular weight excluding hydrogens is 411 g/mol. The first-order valence-corrected chi connectivity index (χ1v) is 10.4. The molecule has 0 aromatic heterocycles. The summed E-state index contributed by atoms with van der Waals surface area (Å²) >= 11 is 0. The summed E-state index contributed by atoms with van der Waals surface area (Å²) in [5.74, 6) is 1.13. The molecule has 0 saturated heterocycles. The molecule has 0 spiro atoms. The van der Waals surface area contributed by atoms with Gasteiger partial charge in [0, 0.05) is 18.7 Å². The van der Waals surface area contributed by atoms with Gasteiger partial charge in [-0.05, 0) is 43.2 Å². The molecule has 2 aliphatic heterocycles. The predicted octanol–water partition coefficient (Wildman–Crippen LogP) is 3.20. The minimum Gasteiger partial charge on any atom is -0.267 e. The van der Waals surface area contributed by atoms with Crippen LogP contribution in [0.25, 0.3) is 22.9 Å². The van der Waals surface area contributed by atoms with Crippen molar-refractivity contribution < 1.29 is 13.2 Å². The standard InChI is InChI=1S/C21H20F3N5O2/c22-21(23,24)15-7-5-14(6-8-15)17-25-16-18(29(27-17)10-9-12-1-2-12)26-20(31)28(19(16)30)11-13-3-4-13/h5-8,12-13H,1-4,9-11H2. The molecular formula is C21H20F3N5O2. The number of aryl methyl sites for hydroxylation is 1. The van der Waals surface area contributed by atoms with Gasteiger partial charge in [-0.2, -0.15) is 23.3 Å². The fraction of sp³-hybridized carbons (Fsp3) is 0.476. The zero-order valence-corrected chi connectivity index (χ0v) is 16.6. The maximum atomic E-state index is 13.1. The van der Waals surface area contributed by atoms with E-state index in [0.29, 0.717) is 30.5 Å². The lowest BCUT2D eigenvalue weighted by molar-refractivity contribution is -0.137. The summed E-state index contributed by atoms with van der Waals surface area (Å²) in [5.41, 5.74) is -1.55. The molecule has 5 rings (SSSR count). The van der Waals surface area contributed by atoms with Gasteiger partial charge in [0.15, 0.2) is 17.3 Å². The van der Waals surface area contributed by atoms with E-state index in [0.717, 1.165) is 48.8 Å². The molecule has 2 aliphatic carbocycles. The van der Waals surface area contributed by atoms with Crippen molar-refractivity contribution >= 4 is 0 Å². The van der Waals surface area contributed by atoms with Crippen LogP contribution in [0.1, 0.15) is 37.7 Å². The van der Waals surface area contributed by atoms with Gasteiger partial charge in [-0.1, -0.05) is 25.0 Å². The second-order valence-corrected chi connectivity index (χ2v) is 8.39. The highest BCUT2D eigenvalue weighted by Crippen LogP contribution is 2.34. The number of hydrogen-bond acceptors (Lipinski definition) is 5. The molecule has 0 unspecified atom stereocenters. The number of rotatable bonds is 6. The van der Waals surface area contributed by atoms with Crippen molar-refractivity contribution in [2.45, 2.75) is 51.4 Å². The maximum Gasteiger partial charge on any atom is 0.416 e. The molecule has 0 atom stereocenters. The Morgan fingerprint density at radius 3 is 2.26 bits per heavy atom. The minimum atomic E-state index is -4.45. The van der Waals surface area contributed by atoms with Crippen LogP contribution in [0.4, 0.5) is 13.2 Å². The highest BCUT2D eigenvalue weighted by molar-refractivity contribution is 5.59. The molecule has 0 amide bonds. The Kier molecular flexibility index (Phi) is 4.67. The molecule has 1 aromatic carbocycles. The molecule has 31 heavy (non-hydrogen) atoms. The molecule has 162 valence electrons. The topological polar surface area (TPSA) is 82.7 Å². The average molecular weight is 431 g/mol. The van der Waals surface area contributed by atoms with E-state index in [4.69, 9.17) is 0 Å². The van der Waals surface area contributed by atoms with Crippen LogP contribution < -0.4 is 11.2 Å².